The molecule has 0 saturated heterocycles. The Morgan fingerprint density at radius 1 is 0.535 bits per heavy atom. The van der Waals surface area contributed by atoms with Crippen LogP contribution in [0.4, 0.5) is 0 Å². The van der Waals surface area contributed by atoms with Crippen LogP contribution < -0.4 is 29.6 Å². The lowest BCUT2D eigenvalue weighted by atomic mass is 9.77. The first-order chi connectivity index (χ1) is 34.2. The van der Waals surface area contributed by atoms with Crippen LogP contribution in [0.2, 0.25) is 0 Å². The zero-order valence-electron chi connectivity index (χ0n) is 42.2. The van der Waals surface area contributed by atoms with Gasteiger partial charge in [-0.05, 0) is 134 Å². The van der Waals surface area contributed by atoms with Gasteiger partial charge in [-0.1, -0.05) is 72.8 Å². The molecule has 0 aliphatic carbocycles. The quantitative estimate of drug-likeness (QED) is 0.0228. The van der Waals surface area contributed by atoms with E-state index in [-0.39, 0.29) is 38.6 Å². The second-order valence-electron chi connectivity index (χ2n) is 16.7. The van der Waals surface area contributed by atoms with Crippen LogP contribution in [0.3, 0.4) is 0 Å². The summed E-state index contributed by atoms with van der Waals surface area (Å²) in [5.74, 6) is 2.99. The topological polar surface area (TPSA) is 161 Å². The predicted octanol–water partition coefficient (Wildman–Crippen LogP) is 9.85. The molecule has 6 aromatic rings. The molecule has 0 radical (unpaired) electrons. The second-order valence-corrected chi connectivity index (χ2v) is 20.9. The number of aliphatic hydroxyl groups excluding tert-OH is 1. The van der Waals surface area contributed by atoms with E-state index in [0.717, 1.165) is 66.2 Å². The average molecular weight is 1020 g/mol. The van der Waals surface area contributed by atoms with Gasteiger partial charge in [0, 0.05) is 56.0 Å². The van der Waals surface area contributed by atoms with E-state index in [1.807, 2.05) is 146 Å². The Morgan fingerprint density at radius 2 is 0.831 bits per heavy atom. The maximum atomic E-state index is 12.2. The number of nitriles is 1. The van der Waals surface area contributed by atoms with Gasteiger partial charge in [0.15, 0.2) is 0 Å². The first-order valence-electron chi connectivity index (χ1n) is 23.0. The predicted molar refractivity (Wildman–Crippen MR) is 284 cm³/mol. The lowest BCUT2D eigenvalue weighted by Gasteiger charge is -2.39. The highest BCUT2D eigenvalue weighted by Crippen LogP contribution is 2.47. The number of rotatable bonds is 24. The second kappa shape index (κ2) is 27.4. The smallest absolute Gasteiger partial charge is 0.260 e. The van der Waals surface area contributed by atoms with Crippen LogP contribution in [0.15, 0.2) is 155 Å². The normalized spacial score (nSPS) is 12.9. The molecule has 0 saturated carbocycles. The third kappa shape index (κ3) is 13.9. The van der Waals surface area contributed by atoms with Crippen molar-refractivity contribution >= 4 is 30.1 Å². The van der Waals surface area contributed by atoms with Crippen LogP contribution in [-0.4, -0.2) is 91.3 Å². The van der Waals surface area contributed by atoms with E-state index in [0.29, 0.717) is 0 Å². The molecule has 3 atom stereocenters. The van der Waals surface area contributed by atoms with Crippen molar-refractivity contribution in [3.63, 3.8) is 0 Å². The van der Waals surface area contributed by atoms with E-state index in [1.54, 1.807) is 41.0 Å². The molecule has 6 rings (SSSR count). The van der Waals surface area contributed by atoms with Crippen molar-refractivity contribution in [1.82, 2.24) is 15.3 Å². The standard InChI is InChI=1S/C32H42N3O5PS.C23H25NO4S/c1-24(2)35(25(3)4)41(39-22-8-21-33)40-23-34-32(26-9-15-29(37-5)16-10-26,27-11-17-30(38-6)18-12-27)28-13-19-31(20-14-28)42(7)36;1-27-20-10-4-17(5-11-20)23(24-16-25,18-6-12-21(28-2)13-7-18)19-8-14-22(15-9-19)29(3)26/h9-20,24-25,34H,8,22-23H2,1-7H3;4-15,24-25H,16H2,1-3H3. The minimum atomic E-state index is -1.46. The Morgan fingerprint density at radius 3 is 1.08 bits per heavy atom. The molecule has 0 aromatic heterocycles. The number of aliphatic hydroxyl groups is 1. The van der Waals surface area contributed by atoms with Crippen molar-refractivity contribution in [3.05, 3.63) is 179 Å². The number of hydrogen-bond acceptors (Lipinski definition) is 13. The average Bonchev–Trinajstić information content (AvgIpc) is 3.39. The molecular weight excluding hydrogens is 956 g/mol. The number of ether oxygens (including phenoxy) is 4. The molecule has 0 amide bonds. The number of nitrogens with zero attached hydrogens (tertiary/aromatic N) is 2. The van der Waals surface area contributed by atoms with E-state index < -0.39 is 41.2 Å². The lowest BCUT2D eigenvalue weighted by Crippen LogP contribution is -2.46. The van der Waals surface area contributed by atoms with Crippen molar-refractivity contribution < 1.29 is 41.5 Å². The zero-order chi connectivity index (χ0) is 51.6. The largest absolute Gasteiger partial charge is 0.497 e. The summed E-state index contributed by atoms with van der Waals surface area (Å²) in [6.45, 7) is 8.63. The van der Waals surface area contributed by atoms with Crippen LogP contribution in [0.1, 0.15) is 67.5 Å². The van der Waals surface area contributed by atoms with E-state index in [4.69, 9.17) is 33.3 Å². The molecule has 0 heterocycles. The maximum Gasteiger partial charge on any atom is 0.260 e. The molecule has 3 N–H and O–H groups in total. The molecule has 378 valence electrons. The molecule has 0 fully saturated rings. The minimum absolute atomic E-state index is 0.147. The van der Waals surface area contributed by atoms with E-state index in [9.17, 15) is 13.5 Å². The zero-order valence-corrected chi connectivity index (χ0v) is 44.7. The van der Waals surface area contributed by atoms with E-state index in [2.05, 4.69) is 49.1 Å². The van der Waals surface area contributed by atoms with E-state index >= 15 is 0 Å². The number of hydrogen-bond donors (Lipinski definition) is 3. The molecule has 0 aliphatic rings. The number of benzene rings is 6. The van der Waals surface area contributed by atoms with Gasteiger partial charge in [0.2, 0.25) is 0 Å². The monoisotopic (exact) mass is 1020 g/mol. The molecule has 71 heavy (non-hydrogen) atoms. The minimum Gasteiger partial charge on any atom is -0.497 e. The van der Waals surface area contributed by atoms with Crippen LogP contribution in [0.5, 0.6) is 23.0 Å². The summed E-state index contributed by atoms with van der Waals surface area (Å²) in [6.07, 6.45) is 3.61. The fraction of sp³-hybridized carbons (Fsp3) is 0.327. The Bertz CT molecular complexity index is 2530. The summed E-state index contributed by atoms with van der Waals surface area (Å²) in [5.41, 5.74) is 3.96. The van der Waals surface area contributed by atoms with Crippen molar-refractivity contribution in [2.75, 3.05) is 61.0 Å². The molecular formula is C55H67N4O9PS2. The molecule has 6 aromatic carbocycles. The summed E-state index contributed by atoms with van der Waals surface area (Å²) in [4.78, 5) is 1.49. The number of nitrogens with one attached hydrogen (secondary N) is 2. The Hall–Kier alpha value is -5.50. The third-order valence-electron chi connectivity index (χ3n) is 11.8. The van der Waals surface area contributed by atoms with Crippen molar-refractivity contribution in [1.29, 1.82) is 5.26 Å². The summed E-state index contributed by atoms with van der Waals surface area (Å²) in [5, 5.41) is 26.0. The first kappa shape index (κ1) is 56.4. The fourth-order valence-electron chi connectivity index (χ4n) is 8.40. The van der Waals surface area contributed by atoms with E-state index in [1.165, 1.54) is 0 Å². The molecule has 0 aliphatic heterocycles. The van der Waals surface area contributed by atoms with Crippen molar-refractivity contribution in [3.8, 4) is 29.1 Å². The Labute approximate surface area is 426 Å². The highest BCUT2D eigenvalue weighted by atomic mass is 32.2. The molecule has 13 nitrogen and oxygen atoms in total. The van der Waals surface area contributed by atoms with Crippen molar-refractivity contribution in [2.24, 2.45) is 0 Å². The molecule has 0 spiro atoms. The molecule has 3 unspecified atom stereocenters. The lowest BCUT2D eigenvalue weighted by molar-refractivity contribution is 0.159. The highest BCUT2D eigenvalue weighted by Gasteiger charge is 2.38. The van der Waals surface area contributed by atoms with Gasteiger partial charge in [0.05, 0.1) is 65.3 Å². The van der Waals surface area contributed by atoms with Crippen LogP contribution in [0, 0.1) is 11.3 Å². The van der Waals surface area contributed by atoms with Gasteiger partial charge in [0.1, 0.15) is 29.7 Å². The van der Waals surface area contributed by atoms with Crippen molar-refractivity contribution in [2.45, 2.75) is 67.1 Å². The van der Waals surface area contributed by atoms with Gasteiger partial charge in [-0.25, -0.2) is 4.67 Å². The van der Waals surface area contributed by atoms with Gasteiger partial charge >= 0.3 is 0 Å². The maximum absolute atomic E-state index is 12.2. The summed E-state index contributed by atoms with van der Waals surface area (Å²) in [7, 11) is 2.90. The SMILES string of the molecule is COc1ccc(C(NCO)(c2ccc(OC)cc2)c2ccc(S(C)=O)cc2)cc1.COc1ccc(C(NCOP(OCCC#N)N(C(C)C)C(C)C)(c2ccc(OC)cc2)c2ccc(S(C)=O)cc2)cc1. The van der Waals surface area contributed by atoms with Crippen LogP contribution >= 0.6 is 8.53 Å². The van der Waals surface area contributed by atoms with Crippen LogP contribution in [0.25, 0.3) is 0 Å². The van der Waals surface area contributed by atoms with Gasteiger partial charge < -0.3 is 33.1 Å². The number of methoxy groups -OCH3 is 4. The summed E-state index contributed by atoms with van der Waals surface area (Å²) < 4.78 is 60.4. The van der Waals surface area contributed by atoms with Gasteiger partial charge in [-0.15, -0.1) is 0 Å². The molecule has 16 heteroatoms. The summed E-state index contributed by atoms with van der Waals surface area (Å²) >= 11 is 0. The van der Waals surface area contributed by atoms with Gasteiger partial charge in [-0.3, -0.25) is 19.1 Å². The van der Waals surface area contributed by atoms with Crippen LogP contribution in [-0.2, 0) is 41.7 Å². The highest BCUT2D eigenvalue weighted by molar-refractivity contribution is 7.84. The summed E-state index contributed by atoms with van der Waals surface area (Å²) in [6, 6.07) is 49.2. The Balaban J connectivity index is 0.000000282. The van der Waals surface area contributed by atoms with Gasteiger partial charge in [0.25, 0.3) is 8.53 Å². The third-order valence-corrected chi connectivity index (χ3v) is 15.8. The molecule has 0 bridgehead atoms. The first-order valence-corrected chi connectivity index (χ1v) is 27.3. The van der Waals surface area contributed by atoms with Gasteiger partial charge in [-0.2, -0.15) is 5.26 Å². The fourth-order valence-corrected chi connectivity index (χ4v) is 11.0. The Kier molecular flexibility index (Phi) is 21.7.